The molecule has 0 unspecified atom stereocenters. The average molecular weight is 378 g/mol. The molecule has 1 aromatic rings. The predicted molar refractivity (Wildman–Crippen MR) is 105 cm³/mol. The Hall–Kier alpha value is -1.56. The van der Waals surface area contributed by atoms with Gasteiger partial charge >= 0.3 is 0 Å². The first-order valence-electron chi connectivity index (χ1n) is 10.7. The van der Waals surface area contributed by atoms with Gasteiger partial charge in [0.1, 0.15) is 5.76 Å². The zero-order valence-electron chi connectivity index (χ0n) is 17.0. The van der Waals surface area contributed by atoms with E-state index in [0.717, 1.165) is 25.9 Å². The molecule has 27 heavy (non-hydrogen) atoms. The molecule has 2 atom stereocenters. The molecule has 2 aliphatic heterocycles. The van der Waals surface area contributed by atoms with Crippen LogP contribution in [0.2, 0.25) is 0 Å². The van der Waals surface area contributed by atoms with E-state index in [0.29, 0.717) is 36.4 Å². The van der Waals surface area contributed by atoms with Crippen LogP contribution in [0.15, 0.2) is 10.6 Å². The smallest absolute Gasteiger partial charge is 0.254 e. The maximum absolute atomic E-state index is 13.0. The fourth-order valence-electron chi connectivity index (χ4n) is 4.64. The van der Waals surface area contributed by atoms with E-state index in [1.807, 2.05) is 0 Å². The van der Waals surface area contributed by atoms with Gasteiger partial charge in [-0.05, 0) is 56.3 Å². The van der Waals surface area contributed by atoms with Crippen LogP contribution in [0.5, 0.6) is 5.88 Å². The van der Waals surface area contributed by atoms with Crippen molar-refractivity contribution >= 4 is 5.91 Å². The van der Waals surface area contributed by atoms with Gasteiger partial charge in [-0.15, -0.1) is 0 Å². The second-order valence-corrected chi connectivity index (χ2v) is 8.03. The Balaban J connectivity index is 1.57. The SMILES string of the molecule is CCCCN(C[C@H]1CCCN2CCCC[C@H]12)C(=O)CCc1cc(OC)no1. The third kappa shape index (κ3) is 5.47. The summed E-state index contributed by atoms with van der Waals surface area (Å²) < 4.78 is 10.3. The minimum absolute atomic E-state index is 0.242. The molecule has 0 aromatic carbocycles. The second-order valence-electron chi connectivity index (χ2n) is 8.03. The molecular formula is C21H35N3O3. The Morgan fingerprint density at radius 1 is 1.33 bits per heavy atom. The largest absolute Gasteiger partial charge is 0.479 e. The molecule has 1 amide bonds. The van der Waals surface area contributed by atoms with Crippen molar-refractivity contribution in [3.05, 3.63) is 11.8 Å². The maximum Gasteiger partial charge on any atom is 0.254 e. The molecule has 1 aromatic heterocycles. The van der Waals surface area contributed by atoms with E-state index in [9.17, 15) is 4.79 Å². The average Bonchev–Trinajstić information content (AvgIpc) is 3.17. The first-order valence-corrected chi connectivity index (χ1v) is 10.7. The third-order valence-corrected chi connectivity index (χ3v) is 6.15. The number of rotatable bonds is 9. The van der Waals surface area contributed by atoms with Crippen LogP contribution in [0.25, 0.3) is 0 Å². The van der Waals surface area contributed by atoms with Gasteiger partial charge in [-0.1, -0.05) is 19.8 Å². The molecule has 2 fully saturated rings. The fourth-order valence-corrected chi connectivity index (χ4v) is 4.64. The van der Waals surface area contributed by atoms with Crippen LogP contribution >= 0.6 is 0 Å². The van der Waals surface area contributed by atoms with E-state index in [-0.39, 0.29) is 5.91 Å². The lowest BCUT2D eigenvalue weighted by Crippen LogP contribution is -2.51. The molecule has 2 aliphatic rings. The van der Waals surface area contributed by atoms with Crippen LogP contribution in [-0.2, 0) is 11.2 Å². The fraction of sp³-hybridized carbons (Fsp3) is 0.810. The lowest BCUT2D eigenvalue weighted by Gasteiger charge is -2.45. The highest BCUT2D eigenvalue weighted by Gasteiger charge is 2.34. The van der Waals surface area contributed by atoms with E-state index < -0.39 is 0 Å². The van der Waals surface area contributed by atoms with Crippen molar-refractivity contribution in [3.63, 3.8) is 0 Å². The van der Waals surface area contributed by atoms with Crippen LogP contribution in [0, 0.1) is 5.92 Å². The highest BCUT2D eigenvalue weighted by Crippen LogP contribution is 2.31. The van der Waals surface area contributed by atoms with Crippen molar-refractivity contribution in [2.45, 2.75) is 70.8 Å². The van der Waals surface area contributed by atoms with E-state index in [4.69, 9.17) is 9.26 Å². The summed E-state index contributed by atoms with van der Waals surface area (Å²) in [6.07, 6.45) is 9.76. The Morgan fingerprint density at radius 3 is 2.96 bits per heavy atom. The van der Waals surface area contributed by atoms with E-state index >= 15 is 0 Å². The summed E-state index contributed by atoms with van der Waals surface area (Å²) in [6, 6.07) is 2.45. The molecule has 0 spiro atoms. The number of nitrogens with zero attached hydrogens (tertiary/aromatic N) is 3. The summed E-state index contributed by atoms with van der Waals surface area (Å²) in [5.41, 5.74) is 0. The van der Waals surface area contributed by atoms with Gasteiger partial charge in [-0.2, -0.15) is 0 Å². The van der Waals surface area contributed by atoms with Gasteiger partial charge in [0.15, 0.2) is 0 Å². The summed E-state index contributed by atoms with van der Waals surface area (Å²) in [4.78, 5) is 17.8. The number of aromatic nitrogens is 1. The van der Waals surface area contributed by atoms with E-state index in [1.165, 1.54) is 45.2 Å². The number of carbonyl (C=O) groups is 1. The number of hydrogen-bond donors (Lipinski definition) is 0. The van der Waals surface area contributed by atoms with Crippen LogP contribution in [0.4, 0.5) is 0 Å². The first-order chi connectivity index (χ1) is 13.2. The molecule has 2 saturated heterocycles. The predicted octanol–water partition coefficient (Wildman–Crippen LogP) is 3.51. The third-order valence-electron chi connectivity index (χ3n) is 6.15. The van der Waals surface area contributed by atoms with Crippen LogP contribution < -0.4 is 4.74 Å². The Morgan fingerprint density at radius 2 is 2.19 bits per heavy atom. The van der Waals surface area contributed by atoms with Crippen LogP contribution in [0.1, 0.15) is 64.1 Å². The number of hydrogen-bond acceptors (Lipinski definition) is 5. The Bertz CT molecular complexity index is 587. The summed E-state index contributed by atoms with van der Waals surface area (Å²) in [5, 5.41) is 3.82. The molecule has 6 nitrogen and oxygen atoms in total. The van der Waals surface area contributed by atoms with Gasteiger partial charge in [-0.3, -0.25) is 4.79 Å². The summed E-state index contributed by atoms with van der Waals surface area (Å²) in [5.74, 6) is 2.06. The standard InChI is InChI=1S/C21H35N3O3/c1-3-4-12-24(21(25)11-10-18-15-20(26-2)22-27-18)16-17-8-7-14-23-13-6-5-9-19(17)23/h15,17,19H,3-14,16H2,1-2H3/t17-,19-/m1/s1. The quantitative estimate of drug-likeness (QED) is 0.659. The molecule has 3 rings (SSSR count). The summed E-state index contributed by atoms with van der Waals surface area (Å²) in [6.45, 7) is 6.47. The summed E-state index contributed by atoms with van der Waals surface area (Å²) in [7, 11) is 1.57. The van der Waals surface area contributed by atoms with Crippen molar-refractivity contribution < 1.29 is 14.1 Å². The van der Waals surface area contributed by atoms with Crippen molar-refractivity contribution in [2.24, 2.45) is 5.92 Å². The van der Waals surface area contributed by atoms with Gasteiger partial charge in [-0.25, -0.2) is 0 Å². The number of piperidine rings is 2. The monoisotopic (exact) mass is 377 g/mol. The molecule has 0 radical (unpaired) electrons. The van der Waals surface area contributed by atoms with Crippen LogP contribution in [-0.4, -0.2) is 60.2 Å². The van der Waals surface area contributed by atoms with Gasteiger partial charge in [0.2, 0.25) is 5.91 Å². The number of ether oxygens (including phenoxy) is 1. The van der Waals surface area contributed by atoms with Crippen molar-refractivity contribution in [2.75, 3.05) is 33.3 Å². The normalized spacial score (nSPS) is 23.0. The van der Waals surface area contributed by atoms with Crippen molar-refractivity contribution in [3.8, 4) is 5.88 Å². The number of carbonyl (C=O) groups excluding carboxylic acids is 1. The van der Waals surface area contributed by atoms with Gasteiger partial charge in [0.05, 0.1) is 7.11 Å². The minimum atomic E-state index is 0.242. The number of fused-ring (bicyclic) bond motifs is 1. The molecule has 3 heterocycles. The van der Waals surface area contributed by atoms with Crippen molar-refractivity contribution in [1.29, 1.82) is 0 Å². The van der Waals surface area contributed by atoms with E-state index in [1.54, 1.807) is 13.2 Å². The number of methoxy groups -OCH3 is 1. The Kier molecular flexibility index (Phi) is 7.56. The van der Waals surface area contributed by atoms with Gasteiger partial charge in [0, 0.05) is 38.0 Å². The zero-order chi connectivity index (χ0) is 19.1. The molecule has 152 valence electrons. The van der Waals surface area contributed by atoms with Gasteiger partial charge in [0.25, 0.3) is 5.88 Å². The highest BCUT2D eigenvalue weighted by molar-refractivity contribution is 5.76. The van der Waals surface area contributed by atoms with Crippen molar-refractivity contribution in [1.82, 2.24) is 15.0 Å². The lowest BCUT2D eigenvalue weighted by molar-refractivity contribution is -0.132. The maximum atomic E-state index is 13.0. The molecule has 0 saturated carbocycles. The molecule has 0 aliphatic carbocycles. The molecule has 6 heteroatoms. The lowest BCUT2D eigenvalue weighted by atomic mass is 9.83. The first kappa shape index (κ1) is 20.2. The summed E-state index contributed by atoms with van der Waals surface area (Å²) >= 11 is 0. The van der Waals surface area contributed by atoms with Gasteiger partial charge < -0.3 is 19.1 Å². The molecule has 0 bridgehead atoms. The second kappa shape index (κ2) is 10.1. The minimum Gasteiger partial charge on any atom is -0.479 e. The zero-order valence-corrected chi connectivity index (χ0v) is 17.0. The number of amides is 1. The highest BCUT2D eigenvalue weighted by atomic mass is 16.5. The number of aryl methyl sites for hydroxylation is 1. The molecular weight excluding hydrogens is 342 g/mol. The van der Waals surface area contributed by atoms with Crippen LogP contribution in [0.3, 0.4) is 0 Å². The molecule has 0 N–H and O–H groups in total. The van der Waals surface area contributed by atoms with E-state index in [2.05, 4.69) is 21.9 Å². The number of unbranched alkanes of at least 4 members (excludes halogenated alkanes) is 1. The topological polar surface area (TPSA) is 58.8 Å². The Labute approximate surface area is 163 Å².